The van der Waals surface area contributed by atoms with Gasteiger partial charge in [-0.3, -0.25) is 15.1 Å². The molecule has 4 fully saturated rings. The highest BCUT2D eigenvalue weighted by atomic mass is 32.1. The van der Waals surface area contributed by atoms with Gasteiger partial charge < -0.3 is 19.1 Å². The summed E-state index contributed by atoms with van der Waals surface area (Å²) in [6.07, 6.45) is 1.15. The summed E-state index contributed by atoms with van der Waals surface area (Å²) >= 11 is 0.785. The Hall–Kier alpha value is -5.65. The molecule has 2 amide bonds. The summed E-state index contributed by atoms with van der Waals surface area (Å²) in [5.41, 5.74) is -2.13. The zero-order valence-electron chi connectivity index (χ0n) is 35.5. The molecule has 5 atom stereocenters. The largest absolute Gasteiger partial charge is 0.461 e. The molecule has 0 aliphatic carbocycles. The number of aromatic nitrogens is 2. The molecule has 2 bridgehead atoms. The molecule has 0 spiro atoms. The van der Waals surface area contributed by atoms with Gasteiger partial charge in [-0.25, -0.2) is 22.8 Å². The number of hydrogen-bond donors (Lipinski definition) is 1. The van der Waals surface area contributed by atoms with E-state index in [1.165, 1.54) is 6.07 Å². The fraction of sp³-hybridized carbons (Fsp3) is 0.511. The summed E-state index contributed by atoms with van der Waals surface area (Å²) in [7, 11) is 0. The molecule has 324 valence electrons. The van der Waals surface area contributed by atoms with Gasteiger partial charge in [-0.15, -0.1) is 11.3 Å². The SMILES string of the molecule is C=C1C[C@@H]2[C@@H]3CC[C@H](CN2c2nc(OC[C@@]45CCCN4C[C@H](F)C5)nc4c(F)c(-c5ccc(F)c6sc(NC(=O)OC(C)(C)C)c(C#N)c56)c(C#N)c1c24)N3C(=O)OC(C)(C)C. The van der Waals surface area contributed by atoms with Crippen LogP contribution in [0.2, 0.25) is 0 Å². The fourth-order valence-corrected chi connectivity index (χ4v) is 11.5. The Morgan fingerprint density at radius 2 is 1.74 bits per heavy atom. The van der Waals surface area contributed by atoms with Crippen molar-refractivity contribution in [2.24, 2.45) is 0 Å². The molecular formula is C45H47F3N8O5S. The van der Waals surface area contributed by atoms with Crippen molar-refractivity contribution in [3.05, 3.63) is 47.0 Å². The fourth-order valence-electron chi connectivity index (χ4n) is 10.4. The number of nitrogens with zero attached hydrogens (tertiary/aromatic N) is 7. The minimum Gasteiger partial charge on any atom is -0.461 e. The highest BCUT2D eigenvalue weighted by Gasteiger charge is 2.53. The number of nitriles is 2. The number of thiophene rings is 1. The molecule has 0 radical (unpaired) electrons. The lowest BCUT2D eigenvalue weighted by Gasteiger charge is -2.47. The van der Waals surface area contributed by atoms with E-state index in [2.05, 4.69) is 28.9 Å². The summed E-state index contributed by atoms with van der Waals surface area (Å²) < 4.78 is 66.3. The van der Waals surface area contributed by atoms with Crippen molar-refractivity contribution in [1.82, 2.24) is 19.8 Å². The number of halogens is 3. The van der Waals surface area contributed by atoms with E-state index in [1.54, 1.807) is 25.7 Å². The van der Waals surface area contributed by atoms with Crippen LogP contribution in [0.4, 0.5) is 33.6 Å². The predicted molar refractivity (Wildman–Crippen MR) is 228 cm³/mol. The Bertz CT molecular complexity index is 2680. The van der Waals surface area contributed by atoms with Crippen LogP contribution in [0.25, 0.3) is 37.7 Å². The molecule has 17 heteroatoms. The van der Waals surface area contributed by atoms with Crippen LogP contribution in [-0.2, 0) is 9.47 Å². The van der Waals surface area contributed by atoms with E-state index in [1.807, 2.05) is 25.7 Å². The van der Waals surface area contributed by atoms with Crippen molar-refractivity contribution in [1.29, 1.82) is 10.5 Å². The van der Waals surface area contributed by atoms with E-state index >= 15 is 8.78 Å². The maximum Gasteiger partial charge on any atom is 0.412 e. The Balaban J connectivity index is 1.25. The number of nitrogens with one attached hydrogen (secondary N) is 1. The van der Waals surface area contributed by atoms with E-state index in [9.17, 15) is 24.5 Å². The van der Waals surface area contributed by atoms with Crippen molar-refractivity contribution in [2.75, 3.05) is 36.5 Å². The molecule has 0 unspecified atom stereocenters. The molecule has 5 aliphatic rings. The van der Waals surface area contributed by atoms with E-state index in [4.69, 9.17) is 24.2 Å². The van der Waals surface area contributed by atoms with Crippen LogP contribution >= 0.6 is 11.3 Å². The highest BCUT2D eigenvalue weighted by Crippen LogP contribution is 2.52. The van der Waals surface area contributed by atoms with E-state index in [-0.39, 0.29) is 91.4 Å². The zero-order chi connectivity index (χ0) is 44.2. The topological polar surface area (TPSA) is 157 Å². The summed E-state index contributed by atoms with van der Waals surface area (Å²) in [6, 6.07) is 5.54. The van der Waals surface area contributed by atoms with E-state index < -0.39 is 52.8 Å². The number of fused-ring (bicyclic) bond motifs is 7. The van der Waals surface area contributed by atoms with E-state index in [0.29, 0.717) is 43.7 Å². The van der Waals surface area contributed by atoms with Crippen LogP contribution < -0.4 is 15.0 Å². The van der Waals surface area contributed by atoms with E-state index in [0.717, 1.165) is 30.4 Å². The number of alkyl halides is 1. The quantitative estimate of drug-likeness (QED) is 0.204. The first kappa shape index (κ1) is 41.7. The average Bonchev–Trinajstić information content (AvgIpc) is 3.90. The lowest BCUT2D eigenvalue weighted by atomic mass is 9.86. The van der Waals surface area contributed by atoms with Crippen molar-refractivity contribution in [3.63, 3.8) is 0 Å². The number of hydrogen-bond acceptors (Lipinski definition) is 12. The summed E-state index contributed by atoms with van der Waals surface area (Å²) in [4.78, 5) is 42.3. The second-order valence-electron chi connectivity index (χ2n) is 19.0. The second kappa shape index (κ2) is 14.7. The predicted octanol–water partition coefficient (Wildman–Crippen LogP) is 9.21. The van der Waals surface area contributed by atoms with Crippen LogP contribution in [0.15, 0.2) is 18.7 Å². The van der Waals surface area contributed by atoms with Gasteiger partial charge in [-0.2, -0.15) is 20.5 Å². The zero-order valence-corrected chi connectivity index (χ0v) is 36.3. The van der Waals surface area contributed by atoms with Crippen LogP contribution in [-0.4, -0.2) is 99.2 Å². The minimum atomic E-state index is -1.01. The number of rotatable bonds is 5. The van der Waals surface area contributed by atoms with Gasteiger partial charge >= 0.3 is 18.2 Å². The van der Waals surface area contributed by atoms with Crippen molar-refractivity contribution in [2.45, 2.75) is 121 Å². The van der Waals surface area contributed by atoms with Gasteiger partial charge in [0.25, 0.3) is 0 Å². The third kappa shape index (κ3) is 6.84. The van der Waals surface area contributed by atoms with Crippen LogP contribution in [0, 0.1) is 34.3 Å². The molecule has 62 heavy (non-hydrogen) atoms. The molecule has 4 saturated heterocycles. The minimum absolute atomic E-state index is 0.0133. The van der Waals surface area contributed by atoms with Gasteiger partial charge in [0.1, 0.15) is 58.3 Å². The molecule has 2 aromatic carbocycles. The summed E-state index contributed by atoms with van der Waals surface area (Å²) in [5.74, 6) is -1.36. The first-order valence-corrected chi connectivity index (χ1v) is 21.7. The first-order chi connectivity index (χ1) is 29.3. The van der Waals surface area contributed by atoms with Crippen molar-refractivity contribution in [3.8, 4) is 29.3 Å². The van der Waals surface area contributed by atoms with Crippen LogP contribution in [0.3, 0.4) is 0 Å². The number of carbonyl (C=O) groups excluding carboxylic acids is 2. The number of amides is 2. The van der Waals surface area contributed by atoms with Crippen LogP contribution in [0.1, 0.15) is 96.8 Å². The molecule has 9 rings (SSSR count). The van der Waals surface area contributed by atoms with Gasteiger partial charge in [0.15, 0.2) is 5.82 Å². The number of anilines is 2. The van der Waals surface area contributed by atoms with Gasteiger partial charge in [-0.1, -0.05) is 12.6 Å². The Morgan fingerprint density at radius 1 is 1.00 bits per heavy atom. The smallest absolute Gasteiger partial charge is 0.412 e. The maximum absolute atomic E-state index is 18.0. The molecule has 7 heterocycles. The van der Waals surface area contributed by atoms with Gasteiger partial charge in [0.2, 0.25) is 0 Å². The highest BCUT2D eigenvalue weighted by molar-refractivity contribution is 7.23. The Kier molecular flexibility index (Phi) is 9.91. The van der Waals surface area contributed by atoms with Crippen LogP contribution in [0.5, 0.6) is 6.01 Å². The molecule has 5 aliphatic heterocycles. The lowest BCUT2D eigenvalue weighted by Crippen LogP contribution is -2.62. The number of ether oxygens (including phenoxy) is 3. The Labute approximate surface area is 361 Å². The Morgan fingerprint density at radius 3 is 2.45 bits per heavy atom. The van der Waals surface area contributed by atoms with Crippen molar-refractivity contribution < 1.29 is 37.0 Å². The monoisotopic (exact) mass is 868 g/mol. The molecular weight excluding hydrogens is 822 g/mol. The molecule has 2 aromatic heterocycles. The average molecular weight is 869 g/mol. The molecule has 1 N–H and O–H groups in total. The van der Waals surface area contributed by atoms with Crippen molar-refractivity contribution >= 4 is 60.9 Å². The van der Waals surface area contributed by atoms with Gasteiger partial charge in [0, 0.05) is 36.0 Å². The summed E-state index contributed by atoms with van der Waals surface area (Å²) in [6.45, 7) is 16.3. The lowest BCUT2D eigenvalue weighted by molar-refractivity contribution is 0.00774. The number of carbonyl (C=O) groups is 2. The normalized spacial score (nSPS) is 24.4. The third-order valence-corrected chi connectivity index (χ3v) is 13.8. The molecule has 0 saturated carbocycles. The van der Waals surface area contributed by atoms with Gasteiger partial charge in [-0.05, 0) is 97.4 Å². The van der Waals surface area contributed by atoms with Gasteiger partial charge in [0.05, 0.1) is 44.9 Å². The standard InChI is InChI=1S/C45H47F3N8O5S/c1-22-15-30-29-12-9-24(56(29)42(58)61-44(5,6)7)20-55(30)38-34-31(22)26(17-49)32(35(48)36(34)51-40(52-38)59-21-45-13-8-14-54(45)19-23(46)16-45)25-10-11-28(47)37-33(25)27(18-50)39(62-37)53-41(57)60-43(2,3)4/h10-11,23-24,29-30H,1,8-9,12-16,19-21H2,2-7H3,(H,53,57)/t23-,24-,29+,30-,45+/m1/s1. The second-order valence-corrected chi connectivity index (χ2v) is 20.0. The number of piperazine rings is 1. The summed E-state index contributed by atoms with van der Waals surface area (Å²) in [5, 5.41) is 24.4. The third-order valence-electron chi connectivity index (χ3n) is 12.7. The first-order valence-electron chi connectivity index (χ1n) is 20.9. The maximum atomic E-state index is 18.0. The molecule has 13 nitrogen and oxygen atoms in total. The number of benzene rings is 2. The molecule has 4 aromatic rings.